The number of nitrogens with two attached hydrogens (primary N) is 1. The summed E-state index contributed by atoms with van der Waals surface area (Å²) in [7, 11) is 1.51. The van der Waals surface area contributed by atoms with Gasteiger partial charge in [0.05, 0.1) is 13.2 Å². The molecule has 0 spiro atoms. The molecular weight excluding hydrogens is 1280 g/mol. The van der Waals surface area contributed by atoms with Gasteiger partial charge in [-0.1, -0.05) is 60.7 Å². The Kier molecular flexibility index (Phi) is 29.7. The molecule has 524 valence electrons. The van der Waals surface area contributed by atoms with Crippen molar-refractivity contribution < 1.29 is 62.1 Å². The largest absolute Gasteiger partial charge is 0.497 e. The molecule has 4 aromatic carbocycles. The van der Waals surface area contributed by atoms with Gasteiger partial charge in [0, 0.05) is 72.5 Å². The number of carbonyl (C=O) groups is 9. The van der Waals surface area contributed by atoms with Crippen LogP contribution in [-0.2, 0) is 67.5 Å². The second kappa shape index (κ2) is 37.9. The summed E-state index contributed by atoms with van der Waals surface area (Å²) in [4.78, 5) is 134. The monoisotopic (exact) mass is 1380 g/mol. The van der Waals surface area contributed by atoms with Gasteiger partial charge in [-0.25, -0.2) is 4.39 Å². The molecular formula is C71H94FN11O12S2. The Balaban J connectivity index is 1.19. The third-order valence-electron chi connectivity index (χ3n) is 17.1. The number of benzene rings is 4. The number of aliphatic hydroxyl groups is 1. The molecule has 2 bridgehead atoms. The van der Waals surface area contributed by atoms with E-state index in [4.69, 9.17) is 15.2 Å². The molecule has 0 aliphatic carbocycles. The molecule has 5 aromatic rings. The molecule has 2 aliphatic rings. The Labute approximate surface area is 575 Å². The number of hydrogen-bond acceptors (Lipinski definition) is 15. The van der Waals surface area contributed by atoms with Crippen LogP contribution >= 0.6 is 23.5 Å². The van der Waals surface area contributed by atoms with Crippen LogP contribution in [0.15, 0.2) is 109 Å². The van der Waals surface area contributed by atoms with E-state index in [1.165, 1.54) is 51.0 Å². The van der Waals surface area contributed by atoms with E-state index in [2.05, 4.69) is 53.6 Å². The van der Waals surface area contributed by atoms with Gasteiger partial charge >= 0.3 is 0 Å². The SMILES string of the molecule is COc1ccc(C[C@@H]2NC(=O)[C@H]([C@@H](C)O)NC(=O)[C@H](CCC/C=C/COc3cccc(C)c3)NC(=O)[C@H](Cc3c[nH]c4ccc(F)cc34)NC(=O)[C@H](C)NC(=O)[C@@H](C)NC(=O)[C@H](CCCCN)NC(=O)CCSCc3cccc(c3)CSCCNC(=O)[C@]3(C)CCCN3C2=O)cc1. The number of unbranched alkanes of at least 4 members (excludes halogenated alkanes) is 2. The molecule has 3 heterocycles. The van der Waals surface area contributed by atoms with E-state index in [1.807, 2.05) is 55.5 Å². The lowest BCUT2D eigenvalue weighted by Crippen LogP contribution is -2.63. The lowest BCUT2D eigenvalue weighted by molar-refractivity contribution is -0.147. The summed E-state index contributed by atoms with van der Waals surface area (Å²) in [5, 5.41) is 33.9. The van der Waals surface area contributed by atoms with Crippen molar-refractivity contribution in [3.8, 4) is 11.5 Å². The zero-order chi connectivity index (χ0) is 70.0. The number of aryl methyl sites for hydroxylation is 1. The zero-order valence-electron chi connectivity index (χ0n) is 56.1. The maximum atomic E-state index is 15.1. The standard InChI is InChI=1S/C71H94FN11O12S2/c1-44-16-13-19-54(36-44)95-33-12-8-7-9-20-58-66(89)82-62(47(4)84)68(91)81-60(38-48-22-25-53(94-6)26-23-48)69(92)83-32-15-29-71(83,5)70(93)74-31-35-97-43-50-18-14-17-49(37-50)42-96-34-28-61(85)78-57(21-10-11-30-73)65(88)77-45(2)63(86)76-46(3)64(87)80-59(67(90)79-58)39-51-41-75-56-27-24-52(72)40-55(51)56/h8,12-14,16-19,22-27,36-37,40-41,45-47,57-60,62,75,84H,7,9-11,15,20-21,28-35,38-39,42-43,73H2,1-6H3,(H,74,93)(H,76,86)(H,77,88)(H,78,85)(H,79,90)(H,80,87)(H,81,91)(H,82,89)/b12-8+/t45-,46+,47-,57+,58+,59+,60+,62+,71+/m1/s1. The van der Waals surface area contributed by atoms with Crippen LogP contribution < -0.4 is 57.7 Å². The minimum Gasteiger partial charge on any atom is -0.497 e. The maximum absolute atomic E-state index is 15.1. The number of fused-ring (bicyclic) bond motifs is 4. The third kappa shape index (κ3) is 23.1. The molecule has 0 unspecified atom stereocenters. The van der Waals surface area contributed by atoms with E-state index >= 15 is 4.79 Å². The van der Waals surface area contributed by atoms with Crippen LogP contribution in [0.2, 0.25) is 0 Å². The fourth-order valence-corrected chi connectivity index (χ4v) is 13.2. The number of nitrogens with zero attached hydrogens (tertiary/aromatic N) is 1. The summed E-state index contributed by atoms with van der Waals surface area (Å²) in [6.45, 7) is 8.80. The number of nitrogens with one attached hydrogen (secondary N) is 9. The van der Waals surface area contributed by atoms with E-state index in [1.54, 1.807) is 67.0 Å². The molecule has 7 rings (SSSR count). The Morgan fingerprint density at radius 1 is 0.701 bits per heavy atom. The minimum absolute atomic E-state index is 0.0544. The molecule has 23 nitrogen and oxygen atoms in total. The molecule has 97 heavy (non-hydrogen) atoms. The summed E-state index contributed by atoms with van der Waals surface area (Å²) in [5.41, 5.74) is 9.14. The number of aromatic nitrogens is 1. The van der Waals surface area contributed by atoms with Crippen molar-refractivity contribution in [1.82, 2.24) is 52.4 Å². The first kappa shape index (κ1) is 75.9. The predicted molar refractivity (Wildman–Crippen MR) is 374 cm³/mol. The van der Waals surface area contributed by atoms with E-state index in [9.17, 15) is 47.9 Å². The number of amides is 9. The number of hydrogen-bond donors (Lipinski definition) is 11. The minimum atomic E-state index is -1.72. The van der Waals surface area contributed by atoms with Gasteiger partial charge in [0.15, 0.2) is 0 Å². The molecule has 1 saturated heterocycles. The Morgan fingerprint density at radius 3 is 2.06 bits per heavy atom. The van der Waals surface area contributed by atoms with Crippen molar-refractivity contribution in [3.63, 3.8) is 0 Å². The molecule has 0 radical (unpaired) electrons. The molecule has 0 saturated carbocycles. The van der Waals surface area contributed by atoms with Gasteiger partial charge in [-0.15, -0.1) is 0 Å². The molecule has 9 amide bonds. The summed E-state index contributed by atoms with van der Waals surface area (Å²) in [6, 6.07) is 17.0. The number of halogens is 1. The summed E-state index contributed by atoms with van der Waals surface area (Å²) < 4.78 is 26.1. The number of rotatable bonds is 17. The average molecular weight is 1380 g/mol. The van der Waals surface area contributed by atoms with Crippen LogP contribution in [-0.4, -0.2) is 167 Å². The summed E-state index contributed by atoms with van der Waals surface area (Å²) in [6.07, 6.45) is 6.14. The van der Waals surface area contributed by atoms with Crippen LogP contribution in [0.4, 0.5) is 4.39 Å². The Bertz CT molecular complexity index is 3540. The Hall–Kier alpha value is -8.46. The number of methoxy groups -OCH3 is 1. The number of thioether (sulfide) groups is 2. The van der Waals surface area contributed by atoms with Crippen LogP contribution in [0.1, 0.15) is 113 Å². The quantitative estimate of drug-likeness (QED) is 0.0420. The van der Waals surface area contributed by atoms with Crippen LogP contribution in [0.25, 0.3) is 10.9 Å². The van der Waals surface area contributed by atoms with Crippen LogP contribution in [0, 0.1) is 12.7 Å². The number of ether oxygens (including phenoxy) is 2. The molecule has 1 aromatic heterocycles. The van der Waals surface area contributed by atoms with Gasteiger partial charge in [-0.2, -0.15) is 23.5 Å². The van der Waals surface area contributed by atoms with Crippen molar-refractivity contribution in [2.75, 3.05) is 44.9 Å². The normalized spacial score (nSPS) is 23.5. The topological polar surface area (TPSA) is 334 Å². The molecule has 12 N–H and O–H groups in total. The lowest BCUT2D eigenvalue weighted by atomic mass is 9.95. The van der Waals surface area contributed by atoms with Crippen molar-refractivity contribution in [3.05, 3.63) is 143 Å². The van der Waals surface area contributed by atoms with Gasteiger partial charge < -0.3 is 72.7 Å². The highest BCUT2D eigenvalue weighted by Crippen LogP contribution is 2.31. The lowest BCUT2D eigenvalue weighted by Gasteiger charge is -2.37. The summed E-state index contributed by atoms with van der Waals surface area (Å²) in [5.74, 6) is -3.38. The number of H-pyrrole nitrogens is 1. The van der Waals surface area contributed by atoms with Gasteiger partial charge in [0.2, 0.25) is 53.2 Å². The molecule has 9 atom stereocenters. The van der Waals surface area contributed by atoms with Crippen molar-refractivity contribution in [1.29, 1.82) is 0 Å². The second-order valence-corrected chi connectivity index (χ2v) is 27.1. The van der Waals surface area contributed by atoms with Crippen LogP contribution in [0.5, 0.6) is 11.5 Å². The van der Waals surface area contributed by atoms with Gasteiger partial charge in [-0.3, -0.25) is 43.2 Å². The zero-order valence-corrected chi connectivity index (χ0v) is 57.7. The first-order valence-corrected chi connectivity index (χ1v) is 35.4. The Morgan fingerprint density at radius 2 is 1.35 bits per heavy atom. The van der Waals surface area contributed by atoms with Gasteiger partial charge in [-0.05, 0) is 163 Å². The fourth-order valence-electron chi connectivity index (χ4n) is 11.5. The summed E-state index contributed by atoms with van der Waals surface area (Å²) >= 11 is 3.18. The maximum Gasteiger partial charge on any atom is 0.246 e. The highest BCUT2D eigenvalue weighted by Gasteiger charge is 2.48. The van der Waals surface area contributed by atoms with Crippen molar-refractivity contribution >= 4 is 87.6 Å². The molecule has 26 heteroatoms. The number of carbonyl (C=O) groups excluding carboxylic acids is 9. The second-order valence-electron chi connectivity index (χ2n) is 24.9. The van der Waals surface area contributed by atoms with Crippen molar-refractivity contribution in [2.24, 2.45) is 5.73 Å². The molecule has 1 fully saturated rings. The predicted octanol–water partition coefficient (Wildman–Crippen LogP) is 5.23. The van der Waals surface area contributed by atoms with Gasteiger partial charge in [0.1, 0.15) is 71.8 Å². The first-order valence-electron chi connectivity index (χ1n) is 33.1. The average Bonchev–Trinajstić information content (AvgIpc) is 1.68. The van der Waals surface area contributed by atoms with E-state index in [0.29, 0.717) is 102 Å². The smallest absolute Gasteiger partial charge is 0.246 e. The molecule has 2 aliphatic heterocycles. The third-order valence-corrected chi connectivity index (χ3v) is 19.2. The van der Waals surface area contributed by atoms with E-state index < -0.39 is 101 Å². The number of allylic oxidation sites excluding steroid dienone is 1. The van der Waals surface area contributed by atoms with E-state index in [-0.39, 0.29) is 63.5 Å². The highest BCUT2D eigenvalue weighted by atomic mass is 32.2. The number of aromatic amines is 1. The number of aliphatic hydroxyl groups excluding tert-OH is 1. The van der Waals surface area contributed by atoms with Crippen LogP contribution in [0.3, 0.4) is 0 Å². The highest BCUT2D eigenvalue weighted by molar-refractivity contribution is 7.98. The van der Waals surface area contributed by atoms with E-state index in [0.717, 1.165) is 16.7 Å². The first-order chi connectivity index (χ1) is 46.5. The fraction of sp³-hybridized carbons (Fsp3) is 0.479. The van der Waals surface area contributed by atoms with Crippen molar-refractivity contribution in [2.45, 2.75) is 171 Å². The van der Waals surface area contributed by atoms with Gasteiger partial charge in [0.25, 0.3) is 0 Å².